The number of carbonyl (C=O) groups excluding carboxylic acids is 3. The van der Waals surface area contributed by atoms with Crippen molar-refractivity contribution in [2.45, 2.75) is 86.9 Å². The van der Waals surface area contributed by atoms with Gasteiger partial charge in [0.05, 0.1) is 56.6 Å². The summed E-state index contributed by atoms with van der Waals surface area (Å²) < 4.78 is 80.1. The van der Waals surface area contributed by atoms with Gasteiger partial charge in [-0.2, -0.15) is 0 Å². The smallest absolute Gasteiger partial charge is 0.231 e. The summed E-state index contributed by atoms with van der Waals surface area (Å²) in [6, 6.07) is 29.0. The predicted molar refractivity (Wildman–Crippen MR) is 252 cm³/mol. The van der Waals surface area contributed by atoms with Gasteiger partial charge in [0.15, 0.2) is 0 Å². The Kier molecular flexibility index (Phi) is 19.4. The summed E-state index contributed by atoms with van der Waals surface area (Å²) in [5, 5.41) is 29.5. The highest BCUT2D eigenvalue weighted by atomic mass is 32.2. The Morgan fingerprint density at radius 3 is 1.14 bits per heavy atom. The third-order valence-corrected chi connectivity index (χ3v) is 15.1. The van der Waals surface area contributed by atoms with E-state index in [2.05, 4.69) is 0 Å². The molecule has 14 nitrogen and oxygen atoms in total. The summed E-state index contributed by atoms with van der Waals surface area (Å²) >= 11 is 0. The van der Waals surface area contributed by atoms with Gasteiger partial charge >= 0.3 is 0 Å². The average molecular weight is 984 g/mol. The van der Waals surface area contributed by atoms with Gasteiger partial charge in [0.1, 0.15) is 36.7 Å². The minimum Gasteiger partial charge on any atom is -0.497 e. The summed E-state index contributed by atoms with van der Waals surface area (Å²) in [6.45, 7) is 4.98. The summed E-state index contributed by atoms with van der Waals surface area (Å²) in [4.78, 5) is 41.3. The number of carbonyl (C=O) groups is 3. The lowest BCUT2D eigenvalue weighted by Gasteiger charge is -2.27. The lowest BCUT2D eigenvalue weighted by molar-refractivity contribution is -0.130. The van der Waals surface area contributed by atoms with Gasteiger partial charge in [-0.1, -0.05) is 54.6 Å². The predicted octanol–water partition coefficient (Wildman–Crippen LogP) is 6.61. The number of halogens is 3. The van der Waals surface area contributed by atoms with E-state index in [1.165, 1.54) is 29.2 Å². The number of hydrogen-bond acceptors (Lipinski definition) is 11. The Labute approximate surface area is 402 Å². The van der Waals surface area contributed by atoms with E-state index in [0.717, 1.165) is 28.2 Å². The molecule has 7 rings (SSSR count). The molecule has 3 aliphatic heterocycles. The van der Waals surface area contributed by atoms with Crippen molar-refractivity contribution in [3.8, 4) is 17.2 Å². The normalized spacial score (nSPS) is 21.2. The topological polar surface area (TPSA) is 183 Å². The first-order chi connectivity index (χ1) is 32.9. The molecule has 0 saturated carbocycles. The van der Waals surface area contributed by atoms with Crippen LogP contribution in [0.15, 0.2) is 108 Å². The molecule has 3 fully saturated rings. The number of alkyl halides is 3. The highest BCUT2D eigenvalue weighted by Crippen LogP contribution is 2.35. The number of aliphatic hydroxyl groups excluding tert-OH is 3. The number of methoxy groups -OCH3 is 3. The molecule has 0 spiro atoms. The van der Waals surface area contributed by atoms with Gasteiger partial charge < -0.3 is 44.2 Å². The second-order valence-corrected chi connectivity index (χ2v) is 19.5. The second kappa shape index (κ2) is 24.7. The first-order valence-corrected chi connectivity index (χ1v) is 24.3. The van der Waals surface area contributed by atoms with Crippen LogP contribution in [0, 0.1) is 17.8 Å². The van der Waals surface area contributed by atoms with Gasteiger partial charge in [0, 0.05) is 56.7 Å². The largest absolute Gasteiger partial charge is 0.497 e. The first-order valence-electron chi connectivity index (χ1n) is 22.8. The average Bonchev–Trinajstić information content (AvgIpc) is 4.11. The third-order valence-electron chi connectivity index (χ3n) is 13.3. The molecule has 4 aromatic carbocycles. The van der Waals surface area contributed by atoms with E-state index in [9.17, 15) is 51.3 Å². The maximum atomic E-state index is 14.8. The zero-order chi connectivity index (χ0) is 50.6. The number of amides is 3. The molecule has 3 amide bonds. The number of rotatable bonds is 17. The number of aliphatic hydroxyl groups is 3. The molecule has 2 unspecified atom stereocenters. The van der Waals surface area contributed by atoms with Crippen molar-refractivity contribution in [2.24, 2.45) is 17.8 Å². The molecule has 3 N–H and O–H groups in total. The summed E-state index contributed by atoms with van der Waals surface area (Å²) in [6.07, 6.45) is -3.57. The van der Waals surface area contributed by atoms with Gasteiger partial charge in [0.2, 0.25) is 33.1 Å². The highest BCUT2D eigenvalue weighted by molar-refractivity contribution is 7.92. The number of likely N-dealkylation sites (tertiary alicyclic amines) is 3. The molecule has 0 radical (unpaired) electrons. The molecule has 0 aliphatic carbocycles. The van der Waals surface area contributed by atoms with Crippen molar-refractivity contribution >= 4 is 27.6 Å². The first kappa shape index (κ1) is 54.3. The second-order valence-electron chi connectivity index (χ2n) is 17.5. The monoisotopic (exact) mass is 983 g/mol. The van der Waals surface area contributed by atoms with Crippen molar-refractivity contribution in [3.05, 3.63) is 120 Å². The third kappa shape index (κ3) is 13.3. The van der Waals surface area contributed by atoms with Gasteiger partial charge in [-0.05, 0) is 86.0 Å². The Morgan fingerprint density at radius 1 is 0.536 bits per heavy atom. The lowest BCUT2D eigenvalue weighted by Crippen LogP contribution is -2.38. The minimum absolute atomic E-state index is 0.0363. The molecule has 0 bridgehead atoms. The summed E-state index contributed by atoms with van der Waals surface area (Å²) in [5.74, 6) is 0.462. The highest BCUT2D eigenvalue weighted by Gasteiger charge is 2.44. The fourth-order valence-electron chi connectivity index (χ4n) is 8.72. The lowest BCUT2D eigenvalue weighted by atomic mass is 10.0. The van der Waals surface area contributed by atoms with Crippen LogP contribution in [0.3, 0.4) is 0 Å². The summed E-state index contributed by atoms with van der Waals surface area (Å²) in [7, 11) is 0.415. The van der Waals surface area contributed by atoms with Crippen LogP contribution in [0.2, 0.25) is 0 Å². The van der Waals surface area contributed by atoms with E-state index in [4.69, 9.17) is 14.2 Å². The van der Waals surface area contributed by atoms with Crippen LogP contribution in [-0.2, 0) is 24.2 Å². The molecule has 3 aliphatic rings. The van der Waals surface area contributed by atoms with Crippen LogP contribution in [0.4, 0.5) is 13.2 Å². The number of benzene rings is 4. The molecular formula is C51H64F3N3O11S. The molecule has 0 aromatic heterocycles. The summed E-state index contributed by atoms with van der Waals surface area (Å²) in [5.41, 5.74) is 0.353. The van der Waals surface area contributed by atoms with Gasteiger partial charge in [0.25, 0.3) is 0 Å². The molecule has 69 heavy (non-hydrogen) atoms. The number of hydrogen-bond donors (Lipinski definition) is 3. The van der Waals surface area contributed by atoms with E-state index in [-0.39, 0.29) is 78.4 Å². The number of sulfone groups is 1. The molecule has 10 atom stereocenters. The van der Waals surface area contributed by atoms with Gasteiger partial charge in [-0.15, -0.1) is 0 Å². The van der Waals surface area contributed by atoms with Gasteiger partial charge in [-0.25, -0.2) is 21.6 Å². The van der Waals surface area contributed by atoms with Gasteiger partial charge in [-0.3, -0.25) is 14.4 Å². The minimum atomic E-state index is -4.35. The molecule has 3 heterocycles. The van der Waals surface area contributed by atoms with Crippen LogP contribution in [-0.4, -0.2) is 134 Å². The Balaban J connectivity index is 0.000000199. The Hall–Kier alpha value is -5.69. The maximum Gasteiger partial charge on any atom is 0.231 e. The van der Waals surface area contributed by atoms with E-state index in [1.54, 1.807) is 49.3 Å². The SMILES string of the molecule is COc1ccc([C@@H](C)N2C[C@H](C(O)C(F)S(=O)(=O)c3ccccc3)CC2=O)cc1.COc1ccc([C@@H](C)N2C[C@H]([C@@H](O)CF)CC2=O)cc1.COc1ccc([C@@H](C)N2C[C@H]([C@H](O)CF)CC2=O)cc1. The van der Waals surface area contributed by atoms with Crippen LogP contribution in [0.25, 0.3) is 0 Å². The molecular weight excluding hydrogens is 920 g/mol. The Morgan fingerprint density at radius 2 is 0.841 bits per heavy atom. The van der Waals surface area contributed by atoms with Crippen molar-refractivity contribution < 1.29 is 65.5 Å². The van der Waals surface area contributed by atoms with E-state index >= 15 is 0 Å². The van der Waals surface area contributed by atoms with E-state index in [0.29, 0.717) is 18.8 Å². The van der Waals surface area contributed by atoms with E-state index in [1.807, 2.05) is 81.4 Å². The molecule has 4 aromatic rings. The van der Waals surface area contributed by atoms with E-state index < -0.39 is 52.9 Å². The molecule has 3 saturated heterocycles. The van der Waals surface area contributed by atoms with Crippen LogP contribution >= 0.6 is 0 Å². The number of nitrogens with zero attached hydrogens (tertiary/aromatic N) is 3. The molecule has 376 valence electrons. The zero-order valence-corrected chi connectivity index (χ0v) is 40.6. The maximum absolute atomic E-state index is 14.8. The fourth-order valence-corrected chi connectivity index (χ4v) is 10.1. The number of ether oxygens (including phenoxy) is 3. The standard InChI is InChI=1S/C21H24FNO5S.2C15H20FNO3/c1-14(15-8-10-17(28-2)11-9-15)23-13-16(12-19(23)24)20(25)21(22)29(26,27)18-6-4-3-5-7-18;2*1-10(11-3-5-13(20-2)6-4-11)17-9-12(7-15(17)19)14(18)8-16/h3-11,14,16,20-21,25H,12-13H2,1-2H3;2*3-6,10,12,14,18H,7-9H2,1-2H3/t14-,16-,20?,21?;10-,12-,14+;10-,12-,14-/m111/s1. The van der Waals surface area contributed by atoms with Crippen LogP contribution in [0.1, 0.15) is 74.8 Å². The zero-order valence-electron chi connectivity index (χ0n) is 39.7. The van der Waals surface area contributed by atoms with Crippen LogP contribution < -0.4 is 14.2 Å². The van der Waals surface area contributed by atoms with Crippen molar-refractivity contribution in [1.82, 2.24) is 14.7 Å². The van der Waals surface area contributed by atoms with Crippen molar-refractivity contribution in [1.29, 1.82) is 0 Å². The fraction of sp³-hybridized carbons (Fsp3) is 0.471. The van der Waals surface area contributed by atoms with Crippen molar-refractivity contribution in [3.63, 3.8) is 0 Å². The molecule has 18 heteroatoms. The quantitative estimate of drug-likeness (QED) is 0.104. The Bertz CT molecular complexity index is 2300. The van der Waals surface area contributed by atoms with Crippen molar-refractivity contribution in [2.75, 3.05) is 54.3 Å². The van der Waals surface area contributed by atoms with Crippen LogP contribution in [0.5, 0.6) is 17.2 Å².